The summed E-state index contributed by atoms with van der Waals surface area (Å²) in [5, 5.41) is 71.7. The fourth-order valence-electron chi connectivity index (χ4n) is 7.28. The standard InChI is InChI=1S/C43H80O15/c1-3-5-7-9-11-12-13-14-15-16-17-18-20-21-23-25-34(45)53-28-31(56-35(46)26-24-22-19-10-8-6-4-2)29-54-42-41(52)39(50)37(48)33(58-42)30-55-43-40(51)38(49)36(47)32(27-44)57-43/h31-33,36-44,47-52H,3-30H2,1-2H3/t31-,32-,33-,36+,37+,38+,39+,40-,41-,42-,43+/m1/s1. The van der Waals surface area contributed by atoms with Crippen molar-refractivity contribution in [3.8, 4) is 0 Å². The molecule has 2 rings (SSSR count). The van der Waals surface area contributed by atoms with Gasteiger partial charge >= 0.3 is 11.9 Å². The second-order valence-electron chi connectivity index (χ2n) is 16.2. The minimum absolute atomic E-state index is 0.169. The smallest absolute Gasteiger partial charge is 0.306 e. The van der Waals surface area contributed by atoms with Crippen LogP contribution in [0.1, 0.15) is 168 Å². The van der Waals surface area contributed by atoms with Crippen LogP contribution < -0.4 is 0 Å². The summed E-state index contributed by atoms with van der Waals surface area (Å²) in [6.07, 6.45) is 8.92. The number of carbonyl (C=O) groups is 2. The number of aliphatic hydroxyl groups excluding tert-OH is 7. The number of unbranched alkanes of at least 4 members (excludes halogenated alkanes) is 20. The fourth-order valence-corrected chi connectivity index (χ4v) is 7.28. The maximum atomic E-state index is 12.8. The van der Waals surface area contributed by atoms with Gasteiger partial charge in [0.05, 0.1) is 19.8 Å². The molecule has 0 saturated carbocycles. The summed E-state index contributed by atoms with van der Waals surface area (Å²) >= 11 is 0. The zero-order chi connectivity index (χ0) is 42.5. The molecule has 7 N–H and O–H groups in total. The Hall–Kier alpha value is -1.50. The Morgan fingerprint density at radius 2 is 0.879 bits per heavy atom. The van der Waals surface area contributed by atoms with Crippen molar-refractivity contribution in [3.05, 3.63) is 0 Å². The van der Waals surface area contributed by atoms with E-state index in [4.69, 9.17) is 28.4 Å². The first-order chi connectivity index (χ1) is 28.0. The number of hydrogen-bond acceptors (Lipinski definition) is 15. The van der Waals surface area contributed by atoms with E-state index in [0.717, 1.165) is 51.4 Å². The molecule has 0 aromatic heterocycles. The van der Waals surface area contributed by atoms with Gasteiger partial charge in [-0.1, -0.05) is 142 Å². The van der Waals surface area contributed by atoms with Crippen LogP contribution in [0.5, 0.6) is 0 Å². The second-order valence-corrected chi connectivity index (χ2v) is 16.2. The number of ether oxygens (including phenoxy) is 6. The van der Waals surface area contributed by atoms with Gasteiger partial charge in [0.15, 0.2) is 18.7 Å². The number of esters is 2. The molecule has 2 aliphatic rings. The van der Waals surface area contributed by atoms with Gasteiger partial charge in [0, 0.05) is 12.8 Å². The van der Waals surface area contributed by atoms with Crippen molar-refractivity contribution in [2.75, 3.05) is 26.4 Å². The Kier molecular flexibility index (Phi) is 29.3. The molecule has 2 fully saturated rings. The lowest BCUT2D eigenvalue weighted by atomic mass is 9.98. The molecule has 15 heteroatoms. The number of rotatable bonds is 34. The van der Waals surface area contributed by atoms with Crippen LogP contribution in [0.4, 0.5) is 0 Å². The number of carbonyl (C=O) groups excluding carboxylic acids is 2. The molecule has 0 amide bonds. The van der Waals surface area contributed by atoms with Crippen LogP contribution in [0, 0.1) is 0 Å². The van der Waals surface area contributed by atoms with Crippen LogP contribution in [0.15, 0.2) is 0 Å². The highest BCUT2D eigenvalue weighted by atomic mass is 16.7. The Labute approximate surface area is 347 Å². The molecule has 0 spiro atoms. The monoisotopic (exact) mass is 837 g/mol. The van der Waals surface area contributed by atoms with Crippen LogP contribution in [0.3, 0.4) is 0 Å². The normalized spacial score (nSPS) is 28.0. The zero-order valence-electron chi connectivity index (χ0n) is 35.5. The predicted octanol–water partition coefficient (Wildman–Crippen LogP) is 4.48. The van der Waals surface area contributed by atoms with Crippen LogP contribution >= 0.6 is 0 Å². The Bertz CT molecular complexity index is 1030. The maximum absolute atomic E-state index is 12.8. The van der Waals surface area contributed by atoms with Crippen LogP contribution in [-0.2, 0) is 38.0 Å². The van der Waals surface area contributed by atoms with Gasteiger partial charge < -0.3 is 64.2 Å². The lowest BCUT2D eigenvalue weighted by molar-refractivity contribution is -0.332. The second kappa shape index (κ2) is 32.2. The summed E-state index contributed by atoms with van der Waals surface area (Å²) in [5.41, 5.74) is 0. The molecule has 15 nitrogen and oxygen atoms in total. The van der Waals surface area contributed by atoms with Crippen molar-refractivity contribution in [3.63, 3.8) is 0 Å². The third kappa shape index (κ3) is 21.3. The average Bonchev–Trinajstić information content (AvgIpc) is 3.21. The van der Waals surface area contributed by atoms with Gasteiger partial charge in [-0.15, -0.1) is 0 Å². The van der Waals surface area contributed by atoms with E-state index in [1.165, 1.54) is 77.0 Å². The summed E-state index contributed by atoms with van der Waals surface area (Å²) in [4.78, 5) is 25.5. The van der Waals surface area contributed by atoms with Crippen molar-refractivity contribution in [1.82, 2.24) is 0 Å². The highest BCUT2D eigenvalue weighted by Crippen LogP contribution is 2.26. The van der Waals surface area contributed by atoms with Crippen molar-refractivity contribution < 1.29 is 73.8 Å². The first-order valence-electron chi connectivity index (χ1n) is 22.6. The summed E-state index contributed by atoms with van der Waals surface area (Å²) in [7, 11) is 0. The van der Waals surface area contributed by atoms with Crippen molar-refractivity contribution in [1.29, 1.82) is 0 Å². The van der Waals surface area contributed by atoms with E-state index in [1.54, 1.807) is 0 Å². The molecule has 2 heterocycles. The third-order valence-corrected chi connectivity index (χ3v) is 11.1. The molecule has 0 aromatic carbocycles. The van der Waals surface area contributed by atoms with E-state index >= 15 is 0 Å². The van der Waals surface area contributed by atoms with E-state index in [-0.39, 0.29) is 26.1 Å². The van der Waals surface area contributed by atoms with Gasteiger partial charge in [0.25, 0.3) is 0 Å². The minimum Gasteiger partial charge on any atom is -0.462 e. The molecule has 11 atom stereocenters. The van der Waals surface area contributed by atoms with Gasteiger partial charge in [-0.25, -0.2) is 0 Å². The lowest BCUT2D eigenvalue weighted by Gasteiger charge is -2.42. The summed E-state index contributed by atoms with van der Waals surface area (Å²) in [6.45, 7) is 2.53. The van der Waals surface area contributed by atoms with E-state index in [2.05, 4.69) is 13.8 Å². The Balaban J connectivity index is 1.81. The topological polar surface area (TPSA) is 231 Å². The van der Waals surface area contributed by atoms with Crippen molar-refractivity contribution in [2.45, 2.75) is 235 Å². The molecule has 0 aromatic rings. The Morgan fingerprint density at radius 3 is 1.34 bits per heavy atom. The molecule has 0 radical (unpaired) electrons. The van der Waals surface area contributed by atoms with Crippen LogP contribution in [0.2, 0.25) is 0 Å². The SMILES string of the molecule is CCCCCCCCCCCCCCCCCC(=O)OC[C@H](CO[C@@H]1O[C@H](CO[C@H]2O[C@H](CO)[C@H](O)[C@H](O)[C@H]2O)[C@H](O)[C@H](O)[C@H]1O)OC(=O)CCCCCCCCC. The third-order valence-electron chi connectivity index (χ3n) is 11.1. The highest BCUT2D eigenvalue weighted by Gasteiger charge is 2.47. The molecule has 0 aliphatic carbocycles. The molecule has 342 valence electrons. The van der Waals surface area contributed by atoms with Gasteiger partial charge in [-0.2, -0.15) is 0 Å². The number of aliphatic hydroxyl groups is 7. The summed E-state index contributed by atoms with van der Waals surface area (Å²) < 4.78 is 33.3. The van der Waals surface area contributed by atoms with Crippen molar-refractivity contribution >= 4 is 11.9 Å². The molecular formula is C43H80O15. The van der Waals surface area contributed by atoms with Crippen LogP contribution in [0.25, 0.3) is 0 Å². The molecule has 58 heavy (non-hydrogen) atoms. The highest BCUT2D eigenvalue weighted by molar-refractivity contribution is 5.70. The minimum atomic E-state index is -1.76. The van der Waals surface area contributed by atoms with Gasteiger partial charge in [0.2, 0.25) is 0 Å². The molecule has 0 bridgehead atoms. The fraction of sp³-hybridized carbons (Fsp3) is 0.953. The summed E-state index contributed by atoms with van der Waals surface area (Å²) in [5.74, 6) is -0.923. The van der Waals surface area contributed by atoms with Crippen molar-refractivity contribution in [2.24, 2.45) is 0 Å². The lowest BCUT2D eigenvalue weighted by Crippen LogP contribution is -2.61. The molecule has 2 saturated heterocycles. The molecule has 2 aliphatic heterocycles. The van der Waals surface area contributed by atoms with Gasteiger partial charge in [-0.3, -0.25) is 9.59 Å². The largest absolute Gasteiger partial charge is 0.462 e. The predicted molar refractivity (Wildman–Crippen MR) is 215 cm³/mol. The molecular weight excluding hydrogens is 756 g/mol. The molecule has 0 unspecified atom stereocenters. The quantitative estimate of drug-likeness (QED) is 0.0350. The Morgan fingerprint density at radius 1 is 0.483 bits per heavy atom. The summed E-state index contributed by atoms with van der Waals surface area (Å²) in [6, 6.07) is 0. The van der Waals surface area contributed by atoms with Crippen LogP contribution in [-0.4, -0.2) is 142 Å². The zero-order valence-corrected chi connectivity index (χ0v) is 35.5. The maximum Gasteiger partial charge on any atom is 0.306 e. The van der Waals surface area contributed by atoms with Gasteiger partial charge in [-0.05, 0) is 12.8 Å². The number of hydrogen-bond donors (Lipinski definition) is 7. The first-order valence-corrected chi connectivity index (χ1v) is 22.6. The van der Waals surface area contributed by atoms with E-state index in [1.807, 2.05) is 0 Å². The van der Waals surface area contributed by atoms with E-state index < -0.39 is 92.7 Å². The van der Waals surface area contributed by atoms with Gasteiger partial charge in [0.1, 0.15) is 55.4 Å². The first kappa shape index (κ1) is 52.6. The van der Waals surface area contributed by atoms with E-state index in [9.17, 15) is 45.3 Å². The van der Waals surface area contributed by atoms with E-state index in [0.29, 0.717) is 12.8 Å². The average molecular weight is 837 g/mol.